The van der Waals surface area contributed by atoms with Gasteiger partial charge in [-0.15, -0.1) is 0 Å². The number of rotatable bonds is 2. The SMILES string of the molecule is Cc1cccc(Oc2ccccn2)c1N. The molecule has 3 heteroatoms. The number of pyridine rings is 1. The molecule has 1 heterocycles. The van der Waals surface area contributed by atoms with Crippen molar-refractivity contribution in [2.75, 3.05) is 5.73 Å². The average Bonchev–Trinajstić information content (AvgIpc) is 2.26. The van der Waals surface area contributed by atoms with Crippen LogP contribution in [-0.4, -0.2) is 4.98 Å². The predicted molar refractivity (Wildman–Crippen MR) is 59.9 cm³/mol. The number of hydrogen-bond acceptors (Lipinski definition) is 3. The zero-order valence-electron chi connectivity index (χ0n) is 8.47. The Bertz CT molecular complexity index is 454. The van der Waals surface area contributed by atoms with Crippen molar-refractivity contribution in [1.29, 1.82) is 0 Å². The van der Waals surface area contributed by atoms with Crippen LogP contribution < -0.4 is 10.5 Å². The number of hydrogen-bond donors (Lipinski definition) is 1. The quantitative estimate of drug-likeness (QED) is 0.758. The summed E-state index contributed by atoms with van der Waals surface area (Å²) in [7, 11) is 0. The summed E-state index contributed by atoms with van der Waals surface area (Å²) in [6, 6.07) is 11.2. The molecule has 0 aliphatic heterocycles. The van der Waals surface area contributed by atoms with Crippen LogP contribution in [0.15, 0.2) is 42.6 Å². The van der Waals surface area contributed by atoms with Gasteiger partial charge in [-0.3, -0.25) is 0 Å². The van der Waals surface area contributed by atoms with Gasteiger partial charge >= 0.3 is 0 Å². The lowest BCUT2D eigenvalue weighted by Gasteiger charge is -2.08. The van der Waals surface area contributed by atoms with E-state index in [0.717, 1.165) is 5.56 Å². The monoisotopic (exact) mass is 200 g/mol. The summed E-state index contributed by atoms with van der Waals surface area (Å²) in [5.74, 6) is 1.20. The Balaban J connectivity index is 2.29. The molecule has 15 heavy (non-hydrogen) atoms. The minimum atomic E-state index is 0.551. The topological polar surface area (TPSA) is 48.1 Å². The van der Waals surface area contributed by atoms with Crippen molar-refractivity contribution in [3.05, 3.63) is 48.2 Å². The van der Waals surface area contributed by atoms with E-state index in [1.165, 1.54) is 0 Å². The highest BCUT2D eigenvalue weighted by molar-refractivity contribution is 5.58. The van der Waals surface area contributed by atoms with Gasteiger partial charge in [-0.25, -0.2) is 4.98 Å². The smallest absolute Gasteiger partial charge is 0.219 e. The number of nitrogens with zero attached hydrogens (tertiary/aromatic N) is 1. The molecular formula is C12H12N2O. The van der Waals surface area contributed by atoms with Gasteiger partial charge in [0, 0.05) is 12.3 Å². The lowest BCUT2D eigenvalue weighted by Crippen LogP contribution is -1.95. The zero-order chi connectivity index (χ0) is 10.7. The van der Waals surface area contributed by atoms with Crippen molar-refractivity contribution in [1.82, 2.24) is 4.98 Å². The highest BCUT2D eigenvalue weighted by atomic mass is 16.5. The second-order valence-corrected chi connectivity index (χ2v) is 3.26. The van der Waals surface area contributed by atoms with Crippen molar-refractivity contribution in [3.8, 4) is 11.6 Å². The minimum Gasteiger partial charge on any atom is -0.437 e. The summed E-state index contributed by atoms with van der Waals surface area (Å²) in [6.07, 6.45) is 1.68. The lowest BCUT2D eigenvalue weighted by atomic mass is 10.2. The van der Waals surface area contributed by atoms with E-state index in [-0.39, 0.29) is 0 Å². The Kier molecular flexibility index (Phi) is 2.54. The van der Waals surface area contributed by atoms with E-state index in [9.17, 15) is 0 Å². The molecule has 0 saturated heterocycles. The number of benzene rings is 1. The maximum atomic E-state index is 5.88. The van der Waals surface area contributed by atoms with Crippen LogP contribution in [0.3, 0.4) is 0 Å². The van der Waals surface area contributed by atoms with Gasteiger partial charge < -0.3 is 10.5 Å². The maximum absolute atomic E-state index is 5.88. The number of aromatic nitrogens is 1. The summed E-state index contributed by atoms with van der Waals surface area (Å²) < 4.78 is 5.55. The second kappa shape index (κ2) is 4.00. The predicted octanol–water partition coefficient (Wildman–Crippen LogP) is 2.76. The number of aryl methyl sites for hydroxylation is 1. The van der Waals surface area contributed by atoms with E-state index in [0.29, 0.717) is 17.3 Å². The normalized spacial score (nSPS) is 9.93. The fourth-order valence-corrected chi connectivity index (χ4v) is 1.26. The molecule has 0 fully saturated rings. The first-order valence-electron chi connectivity index (χ1n) is 4.71. The molecule has 2 aromatic rings. The molecule has 0 spiro atoms. The summed E-state index contributed by atoms with van der Waals surface area (Å²) in [6.45, 7) is 1.95. The Labute approximate surface area is 88.5 Å². The molecular weight excluding hydrogens is 188 g/mol. The standard InChI is InChI=1S/C12H12N2O/c1-9-5-4-6-10(12(9)13)15-11-7-2-3-8-14-11/h2-8H,13H2,1H3. The molecule has 0 radical (unpaired) electrons. The van der Waals surface area contributed by atoms with Crippen molar-refractivity contribution < 1.29 is 4.74 Å². The van der Waals surface area contributed by atoms with Gasteiger partial charge in [0.05, 0.1) is 5.69 Å². The fourth-order valence-electron chi connectivity index (χ4n) is 1.26. The minimum absolute atomic E-state index is 0.551. The van der Waals surface area contributed by atoms with Crippen LogP contribution in [0.1, 0.15) is 5.56 Å². The van der Waals surface area contributed by atoms with E-state index in [4.69, 9.17) is 10.5 Å². The van der Waals surface area contributed by atoms with Crippen molar-refractivity contribution in [2.24, 2.45) is 0 Å². The van der Waals surface area contributed by atoms with Crippen molar-refractivity contribution in [2.45, 2.75) is 6.92 Å². The van der Waals surface area contributed by atoms with Gasteiger partial charge in [0.15, 0.2) is 5.75 Å². The molecule has 0 unspecified atom stereocenters. The molecule has 2 rings (SSSR count). The molecule has 0 saturated carbocycles. The van der Waals surface area contributed by atoms with Gasteiger partial charge in [-0.1, -0.05) is 18.2 Å². The van der Waals surface area contributed by atoms with Crippen LogP contribution in [0.2, 0.25) is 0 Å². The lowest BCUT2D eigenvalue weighted by molar-refractivity contribution is 0.465. The van der Waals surface area contributed by atoms with Crippen LogP contribution in [0.25, 0.3) is 0 Å². The molecule has 1 aromatic heterocycles. The van der Waals surface area contributed by atoms with Gasteiger partial charge in [0.25, 0.3) is 0 Å². The third-order valence-electron chi connectivity index (χ3n) is 2.14. The van der Waals surface area contributed by atoms with Crippen molar-refractivity contribution in [3.63, 3.8) is 0 Å². The first-order valence-corrected chi connectivity index (χ1v) is 4.71. The molecule has 1 aromatic carbocycles. The van der Waals surface area contributed by atoms with Gasteiger partial charge in [-0.05, 0) is 24.6 Å². The summed E-state index contributed by atoms with van der Waals surface area (Å²) in [5.41, 5.74) is 7.54. The highest BCUT2D eigenvalue weighted by Crippen LogP contribution is 2.28. The number of anilines is 1. The summed E-state index contributed by atoms with van der Waals surface area (Å²) in [4.78, 5) is 4.07. The first kappa shape index (κ1) is 9.52. The Morgan fingerprint density at radius 3 is 2.73 bits per heavy atom. The number of nitrogens with two attached hydrogens (primary N) is 1. The summed E-state index contributed by atoms with van der Waals surface area (Å²) >= 11 is 0. The Hall–Kier alpha value is -2.03. The molecule has 0 aliphatic rings. The van der Waals surface area contributed by atoms with Crippen LogP contribution in [0.4, 0.5) is 5.69 Å². The number of ether oxygens (including phenoxy) is 1. The largest absolute Gasteiger partial charge is 0.437 e. The zero-order valence-corrected chi connectivity index (χ0v) is 8.47. The highest BCUT2D eigenvalue weighted by Gasteiger charge is 2.03. The third kappa shape index (κ3) is 2.07. The van der Waals surface area contributed by atoms with E-state index in [2.05, 4.69) is 4.98 Å². The van der Waals surface area contributed by atoms with Crippen molar-refractivity contribution >= 4 is 5.69 Å². The Morgan fingerprint density at radius 1 is 1.13 bits per heavy atom. The fraction of sp³-hybridized carbons (Fsp3) is 0.0833. The summed E-state index contributed by atoms with van der Waals surface area (Å²) in [5, 5.41) is 0. The van der Waals surface area contributed by atoms with Crippen LogP contribution in [-0.2, 0) is 0 Å². The molecule has 0 aliphatic carbocycles. The molecule has 0 atom stereocenters. The van der Waals surface area contributed by atoms with E-state index >= 15 is 0 Å². The van der Waals surface area contributed by atoms with Crippen LogP contribution >= 0.6 is 0 Å². The van der Waals surface area contributed by atoms with Crippen LogP contribution in [0.5, 0.6) is 11.6 Å². The molecule has 0 amide bonds. The number of para-hydroxylation sites is 1. The molecule has 76 valence electrons. The van der Waals surface area contributed by atoms with Gasteiger partial charge in [0.2, 0.25) is 5.88 Å². The van der Waals surface area contributed by atoms with E-state index < -0.39 is 0 Å². The van der Waals surface area contributed by atoms with Crippen LogP contribution in [0, 0.1) is 6.92 Å². The van der Waals surface area contributed by atoms with E-state index in [1.54, 1.807) is 12.3 Å². The van der Waals surface area contributed by atoms with Gasteiger partial charge in [-0.2, -0.15) is 0 Å². The van der Waals surface area contributed by atoms with E-state index in [1.807, 2.05) is 37.3 Å². The number of nitrogen functional groups attached to an aromatic ring is 1. The average molecular weight is 200 g/mol. The Morgan fingerprint density at radius 2 is 2.00 bits per heavy atom. The molecule has 3 nitrogen and oxygen atoms in total. The maximum Gasteiger partial charge on any atom is 0.219 e. The third-order valence-corrected chi connectivity index (χ3v) is 2.14. The van der Waals surface area contributed by atoms with Gasteiger partial charge in [0.1, 0.15) is 0 Å². The second-order valence-electron chi connectivity index (χ2n) is 3.26. The molecule has 2 N–H and O–H groups in total. The molecule has 0 bridgehead atoms. The first-order chi connectivity index (χ1) is 7.27.